The van der Waals surface area contributed by atoms with Gasteiger partial charge in [0, 0.05) is 5.69 Å². The Morgan fingerprint density at radius 2 is 1.97 bits per heavy atom. The highest BCUT2D eigenvalue weighted by Crippen LogP contribution is 2.35. The normalized spacial score (nSPS) is 10.3. The second-order valence-electron chi connectivity index (χ2n) is 5.91. The highest BCUT2D eigenvalue weighted by molar-refractivity contribution is 6.32. The van der Waals surface area contributed by atoms with Crippen molar-refractivity contribution in [2.75, 3.05) is 19.0 Å². The van der Waals surface area contributed by atoms with Gasteiger partial charge in [-0.15, -0.1) is 6.42 Å². The number of hydrogen-bond donors (Lipinski definition) is 2. The van der Waals surface area contributed by atoms with Crippen molar-refractivity contribution in [3.63, 3.8) is 0 Å². The summed E-state index contributed by atoms with van der Waals surface area (Å²) >= 11 is 6.17. The van der Waals surface area contributed by atoms with E-state index < -0.39 is 11.8 Å². The summed E-state index contributed by atoms with van der Waals surface area (Å²) in [6, 6.07) is 10.5. The number of nitrogens with zero attached hydrogens (tertiary/aromatic N) is 1. The van der Waals surface area contributed by atoms with Crippen molar-refractivity contribution in [2.45, 2.75) is 13.3 Å². The molecule has 150 valence electrons. The van der Waals surface area contributed by atoms with E-state index in [2.05, 4.69) is 21.8 Å². The number of amides is 2. The van der Waals surface area contributed by atoms with Crippen LogP contribution in [0.5, 0.6) is 11.5 Å². The molecule has 0 unspecified atom stereocenters. The Hall–Kier alpha value is -3.50. The summed E-state index contributed by atoms with van der Waals surface area (Å²) in [6.07, 6.45) is 6.18. The van der Waals surface area contributed by atoms with Crippen molar-refractivity contribution >= 4 is 35.3 Å². The molecule has 0 atom stereocenters. The summed E-state index contributed by atoms with van der Waals surface area (Å²) in [5, 5.41) is 6.75. The number of ether oxygens (including phenoxy) is 2. The maximum absolute atomic E-state index is 11.9. The molecule has 0 bridgehead atoms. The summed E-state index contributed by atoms with van der Waals surface area (Å²) < 4.78 is 10.6. The Kier molecular flexibility index (Phi) is 8.07. The van der Waals surface area contributed by atoms with Crippen molar-refractivity contribution in [1.29, 1.82) is 0 Å². The molecule has 0 aliphatic carbocycles. The molecule has 0 saturated heterocycles. The lowest BCUT2D eigenvalue weighted by molar-refractivity contribution is -0.126. The third-order valence-corrected chi connectivity index (χ3v) is 3.89. The van der Waals surface area contributed by atoms with Gasteiger partial charge in [0.15, 0.2) is 11.5 Å². The number of rotatable bonds is 8. The average molecular weight is 414 g/mol. The molecule has 0 heterocycles. The van der Waals surface area contributed by atoms with Gasteiger partial charge in [0.05, 0.1) is 18.3 Å². The minimum atomic E-state index is -0.558. The molecule has 0 aliphatic rings. The second-order valence-corrected chi connectivity index (χ2v) is 6.32. The highest BCUT2D eigenvalue weighted by atomic mass is 35.5. The van der Waals surface area contributed by atoms with Crippen LogP contribution >= 0.6 is 11.6 Å². The fourth-order valence-electron chi connectivity index (χ4n) is 2.27. The van der Waals surface area contributed by atoms with Gasteiger partial charge in [-0.05, 0) is 36.8 Å². The fourth-order valence-corrected chi connectivity index (χ4v) is 2.55. The zero-order valence-corrected chi connectivity index (χ0v) is 16.7. The number of hydrazone groups is 1. The molecular formula is C21H20ClN3O4. The van der Waals surface area contributed by atoms with Gasteiger partial charge in [-0.25, -0.2) is 5.43 Å². The van der Waals surface area contributed by atoms with E-state index in [1.54, 1.807) is 24.3 Å². The van der Waals surface area contributed by atoms with Crippen LogP contribution in [0.3, 0.4) is 0 Å². The first-order valence-electron chi connectivity index (χ1n) is 8.55. The Morgan fingerprint density at radius 1 is 1.24 bits per heavy atom. The van der Waals surface area contributed by atoms with Crippen LogP contribution in [0.4, 0.5) is 5.69 Å². The predicted molar refractivity (Wildman–Crippen MR) is 112 cm³/mol. The molecule has 0 aliphatic heterocycles. The topological polar surface area (TPSA) is 89.0 Å². The lowest BCUT2D eigenvalue weighted by Crippen LogP contribution is -2.24. The highest BCUT2D eigenvalue weighted by Gasteiger charge is 2.12. The molecule has 2 aromatic rings. The minimum absolute atomic E-state index is 0.0459. The van der Waals surface area contributed by atoms with E-state index in [0.29, 0.717) is 22.7 Å². The van der Waals surface area contributed by atoms with E-state index in [9.17, 15) is 9.59 Å². The minimum Gasteiger partial charge on any atom is -0.493 e. The van der Waals surface area contributed by atoms with Gasteiger partial charge in [0.1, 0.15) is 13.0 Å². The van der Waals surface area contributed by atoms with E-state index in [-0.39, 0.29) is 18.1 Å². The van der Waals surface area contributed by atoms with Gasteiger partial charge in [0.2, 0.25) is 11.8 Å². The van der Waals surface area contributed by atoms with Crippen LogP contribution in [0.1, 0.15) is 17.5 Å². The number of terminal acetylenes is 1. The first-order valence-corrected chi connectivity index (χ1v) is 8.93. The predicted octanol–water partition coefficient (Wildman–Crippen LogP) is 3.15. The number of nitrogens with one attached hydrogen (secondary N) is 2. The van der Waals surface area contributed by atoms with E-state index in [4.69, 9.17) is 27.5 Å². The van der Waals surface area contributed by atoms with E-state index in [0.717, 1.165) is 5.56 Å². The molecule has 2 N–H and O–H groups in total. The van der Waals surface area contributed by atoms with E-state index in [1.165, 1.54) is 13.3 Å². The van der Waals surface area contributed by atoms with Gasteiger partial charge in [-0.3, -0.25) is 9.59 Å². The Balaban J connectivity index is 1.92. The number of methoxy groups -OCH3 is 1. The van der Waals surface area contributed by atoms with Crippen LogP contribution in [-0.2, 0) is 9.59 Å². The fraction of sp³-hybridized carbons (Fsp3) is 0.190. The molecule has 2 aromatic carbocycles. The lowest BCUT2D eigenvalue weighted by atomic mass is 10.2. The molecular weight excluding hydrogens is 394 g/mol. The van der Waals surface area contributed by atoms with E-state index >= 15 is 0 Å². The zero-order chi connectivity index (χ0) is 21.2. The van der Waals surface area contributed by atoms with Crippen LogP contribution in [0.2, 0.25) is 5.02 Å². The molecule has 0 fully saturated rings. The Morgan fingerprint density at radius 3 is 2.62 bits per heavy atom. The maximum Gasteiger partial charge on any atom is 0.249 e. The Bertz CT molecular complexity index is 950. The quantitative estimate of drug-likeness (QED) is 0.301. The molecule has 2 rings (SSSR count). The van der Waals surface area contributed by atoms with Crippen molar-refractivity contribution in [3.05, 3.63) is 52.5 Å². The molecule has 0 spiro atoms. The van der Waals surface area contributed by atoms with Crippen molar-refractivity contribution < 1.29 is 19.1 Å². The van der Waals surface area contributed by atoms with Gasteiger partial charge >= 0.3 is 0 Å². The van der Waals surface area contributed by atoms with Crippen LogP contribution in [0.25, 0.3) is 0 Å². The first kappa shape index (κ1) is 21.8. The average Bonchev–Trinajstić information content (AvgIpc) is 2.68. The lowest BCUT2D eigenvalue weighted by Gasteiger charge is -2.11. The van der Waals surface area contributed by atoms with Gasteiger partial charge < -0.3 is 14.8 Å². The van der Waals surface area contributed by atoms with Gasteiger partial charge in [-0.1, -0.05) is 35.2 Å². The largest absolute Gasteiger partial charge is 0.493 e. The number of benzene rings is 2. The summed E-state index contributed by atoms with van der Waals surface area (Å²) in [7, 11) is 1.46. The van der Waals surface area contributed by atoms with Crippen LogP contribution in [0.15, 0.2) is 41.5 Å². The number of halogens is 1. The number of aryl methyl sites for hydroxylation is 1. The molecule has 7 nitrogen and oxygen atoms in total. The van der Waals surface area contributed by atoms with Crippen molar-refractivity contribution in [2.24, 2.45) is 5.10 Å². The zero-order valence-electron chi connectivity index (χ0n) is 16.0. The summed E-state index contributed by atoms with van der Waals surface area (Å²) in [4.78, 5) is 23.8. The molecule has 2 amide bonds. The Labute approximate surface area is 174 Å². The van der Waals surface area contributed by atoms with Crippen LogP contribution in [0, 0.1) is 19.3 Å². The third-order valence-electron chi connectivity index (χ3n) is 3.61. The molecule has 0 radical (unpaired) electrons. The number of anilines is 1. The van der Waals surface area contributed by atoms with Gasteiger partial charge in [0.25, 0.3) is 0 Å². The molecule has 29 heavy (non-hydrogen) atoms. The number of hydrogen-bond acceptors (Lipinski definition) is 5. The van der Waals surface area contributed by atoms with Crippen LogP contribution in [-0.4, -0.2) is 31.7 Å². The number of carbonyl (C=O) groups excluding carboxylic acids is 2. The third kappa shape index (κ3) is 6.87. The SMILES string of the molecule is C#CCOc1c(Cl)cc(C=NNC(=O)CC(=O)Nc2ccc(C)cc2)cc1OC. The standard InChI is InChI=1S/C21H20ClN3O4/c1-4-9-29-21-17(22)10-15(11-18(21)28-3)13-23-25-20(27)12-19(26)24-16-7-5-14(2)6-8-16/h1,5-8,10-11,13H,9,12H2,2-3H3,(H,24,26)(H,25,27). The van der Waals surface area contributed by atoms with E-state index in [1.807, 2.05) is 19.1 Å². The van der Waals surface area contributed by atoms with Crippen LogP contribution < -0.4 is 20.2 Å². The summed E-state index contributed by atoms with van der Waals surface area (Å²) in [5.74, 6) is 2.04. The molecule has 0 saturated carbocycles. The maximum atomic E-state index is 11.9. The molecule has 8 heteroatoms. The van der Waals surface area contributed by atoms with Crippen molar-refractivity contribution in [1.82, 2.24) is 5.43 Å². The number of carbonyl (C=O) groups is 2. The van der Waals surface area contributed by atoms with Crippen molar-refractivity contribution in [3.8, 4) is 23.8 Å². The van der Waals surface area contributed by atoms with Gasteiger partial charge in [-0.2, -0.15) is 5.10 Å². The smallest absolute Gasteiger partial charge is 0.249 e. The monoisotopic (exact) mass is 413 g/mol. The summed E-state index contributed by atoms with van der Waals surface area (Å²) in [6.45, 7) is 1.99. The second kappa shape index (κ2) is 10.7. The summed E-state index contributed by atoms with van der Waals surface area (Å²) in [5.41, 5.74) is 4.54. The molecule has 0 aromatic heterocycles. The first-order chi connectivity index (χ1) is 13.9.